The second-order valence-electron chi connectivity index (χ2n) is 10.7. The zero-order chi connectivity index (χ0) is 27.2. The van der Waals surface area contributed by atoms with Crippen LogP contribution in [0.25, 0.3) is 0 Å². The van der Waals surface area contributed by atoms with E-state index in [2.05, 4.69) is 67.6 Å². The maximum atomic E-state index is 14.3. The Morgan fingerprint density at radius 2 is 1.08 bits per heavy atom. The molecule has 2 aliphatic heterocycles. The average molecular weight is 564 g/mol. The van der Waals surface area contributed by atoms with Gasteiger partial charge in [-0.2, -0.15) is 0 Å². The molecule has 0 aliphatic carbocycles. The Hall–Kier alpha value is -2.01. The van der Waals surface area contributed by atoms with Crippen LogP contribution in [0.4, 0.5) is 11.4 Å². The van der Waals surface area contributed by atoms with Crippen LogP contribution < -0.4 is 9.80 Å². The first kappa shape index (κ1) is 29.0. The van der Waals surface area contributed by atoms with Crippen LogP contribution >= 0.6 is 23.2 Å². The van der Waals surface area contributed by atoms with Crippen LogP contribution in [-0.4, -0.2) is 141 Å². The molecule has 0 aromatic carbocycles. The minimum absolute atomic E-state index is 0.154. The van der Waals surface area contributed by atoms with Gasteiger partial charge in [0.05, 0.1) is 35.9 Å². The Morgan fingerprint density at radius 1 is 0.711 bits per heavy atom. The van der Waals surface area contributed by atoms with Gasteiger partial charge in [0.15, 0.2) is 5.78 Å². The Morgan fingerprint density at radius 3 is 1.37 bits per heavy atom. The van der Waals surface area contributed by atoms with E-state index >= 15 is 0 Å². The largest absolute Gasteiger partial charge is 0.368 e. The first-order chi connectivity index (χ1) is 18.2. The van der Waals surface area contributed by atoms with E-state index in [9.17, 15) is 4.79 Å². The molecule has 4 heterocycles. The Balaban J connectivity index is 1.43. The van der Waals surface area contributed by atoms with E-state index in [4.69, 9.17) is 23.2 Å². The number of likely N-dealkylation sites (N-methyl/N-ethyl adjacent to an activating group) is 2. The fraction of sp³-hybridized carbons (Fsp3) is 0.593. The number of pyridine rings is 2. The Bertz CT molecular complexity index is 939. The molecular formula is C27H40Cl2N8O. The third-order valence-corrected chi connectivity index (χ3v) is 7.84. The van der Waals surface area contributed by atoms with Crippen LogP contribution in [0.1, 0.15) is 0 Å². The van der Waals surface area contributed by atoms with Gasteiger partial charge in [-0.05, 0) is 52.5 Å². The minimum atomic E-state index is -0.154. The number of Topliss-reactive ketones (excluding diaryl/α,β-unsaturated/α-hetero) is 1. The molecule has 2 aromatic heterocycles. The fourth-order valence-corrected chi connectivity index (χ4v) is 5.60. The molecule has 0 radical (unpaired) electrons. The summed E-state index contributed by atoms with van der Waals surface area (Å²) < 4.78 is 0. The summed E-state index contributed by atoms with van der Waals surface area (Å²) in [6.45, 7) is 8.16. The topological polar surface area (TPSA) is 62.3 Å². The molecule has 208 valence electrons. The van der Waals surface area contributed by atoms with Crippen molar-refractivity contribution >= 4 is 40.4 Å². The Labute approximate surface area is 236 Å². The summed E-state index contributed by atoms with van der Waals surface area (Å²) in [5.74, 6) is 0.315. The molecule has 2 atom stereocenters. The third-order valence-electron chi connectivity index (χ3n) is 7.40. The lowest BCUT2D eigenvalue weighted by atomic mass is 9.99. The second kappa shape index (κ2) is 13.4. The van der Waals surface area contributed by atoms with Gasteiger partial charge >= 0.3 is 0 Å². The second-order valence-corrected chi connectivity index (χ2v) is 11.5. The predicted molar refractivity (Wildman–Crippen MR) is 156 cm³/mol. The van der Waals surface area contributed by atoms with Gasteiger partial charge in [-0.25, -0.2) is 9.97 Å². The molecule has 0 N–H and O–H groups in total. The van der Waals surface area contributed by atoms with Gasteiger partial charge < -0.3 is 19.6 Å². The van der Waals surface area contributed by atoms with Gasteiger partial charge in [0, 0.05) is 65.4 Å². The third kappa shape index (κ3) is 7.55. The standard InChI is InChI=1S/C27H40Cl2N8O/c1-32(2)19-23(36-13-9-34(10-14-36)21-5-7-25(28)30-17-21)27(38)24(20-33(3)4)37-15-11-35(12-16-37)22-6-8-26(29)31-18-22/h5-8,17-18,23-24H,9-16,19-20H2,1-4H3. The molecule has 2 aromatic rings. The molecule has 4 rings (SSSR count). The molecule has 9 nitrogen and oxygen atoms in total. The predicted octanol–water partition coefficient (Wildman–Crippen LogP) is 2.16. The number of hydrogen-bond acceptors (Lipinski definition) is 9. The minimum Gasteiger partial charge on any atom is -0.368 e. The van der Waals surface area contributed by atoms with Crippen molar-refractivity contribution in [3.8, 4) is 0 Å². The van der Waals surface area contributed by atoms with Gasteiger partial charge in [-0.15, -0.1) is 0 Å². The summed E-state index contributed by atoms with van der Waals surface area (Å²) in [6.07, 6.45) is 3.65. The van der Waals surface area contributed by atoms with Gasteiger partial charge in [-0.3, -0.25) is 14.6 Å². The maximum absolute atomic E-state index is 14.3. The molecule has 2 fully saturated rings. The summed E-state index contributed by atoms with van der Waals surface area (Å²) >= 11 is 12.0. The van der Waals surface area contributed by atoms with E-state index < -0.39 is 0 Å². The quantitative estimate of drug-likeness (QED) is 0.405. The molecule has 0 amide bonds. The summed E-state index contributed by atoms with van der Waals surface area (Å²) in [5, 5.41) is 1.00. The van der Waals surface area contributed by atoms with Crippen LogP contribution in [-0.2, 0) is 4.79 Å². The van der Waals surface area contributed by atoms with Crippen LogP contribution in [0.2, 0.25) is 10.3 Å². The number of piperazine rings is 2. The molecule has 0 bridgehead atoms. The lowest BCUT2D eigenvalue weighted by molar-refractivity contribution is -0.131. The van der Waals surface area contributed by atoms with Crippen molar-refractivity contribution < 1.29 is 4.79 Å². The van der Waals surface area contributed by atoms with Crippen molar-refractivity contribution in [3.63, 3.8) is 0 Å². The van der Waals surface area contributed by atoms with E-state index in [-0.39, 0.29) is 12.1 Å². The summed E-state index contributed by atoms with van der Waals surface area (Å²) in [4.78, 5) is 36.4. The average Bonchev–Trinajstić information content (AvgIpc) is 2.91. The molecule has 2 saturated heterocycles. The summed E-state index contributed by atoms with van der Waals surface area (Å²) in [5.41, 5.74) is 2.15. The molecule has 11 heteroatoms. The summed E-state index contributed by atoms with van der Waals surface area (Å²) in [6, 6.07) is 7.38. The highest BCUT2D eigenvalue weighted by atomic mass is 35.5. The highest BCUT2D eigenvalue weighted by molar-refractivity contribution is 6.29. The normalized spacial score (nSPS) is 19.3. The molecule has 38 heavy (non-hydrogen) atoms. The first-order valence-electron chi connectivity index (χ1n) is 13.3. The smallest absolute Gasteiger partial charge is 0.169 e. The van der Waals surface area contributed by atoms with Crippen LogP contribution in [0.15, 0.2) is 36.7 Å². The number of rotatable bonds is 10. The number of carbonyl (C=O) groups excluding carboxylic acids is 1. The van der Waals surface area contributed by atoms with Crippen molar-refractivity contribution in [1.29, 1.82) is 0 Å². The van der Waals surface area contributed by atoms with Crippen molar-refractivity contribution in [2.24, 2.45) is 0 Å². The van der Waals surface area contributed by atoms with E-state index in [1.54, 1.807) is 0 Å². The van der Waals surface area contributed by atoms with Crippen molar-refractivity contribution in [2.45, 2.75) is 12.1 Å². The number of hydrogen-bond donors (Lipinski definition) is 0. The van der Waals surface area contributed by atoms with E-state index in [1.165, 1.54) is 0 Å². The molecule has 0 saturated carbocycles. The molecular weight excluding hydrogens is 523 g/mol. The SMILES string of the molecule is CN(C)CC(C(=O)C(CN(C)C)N1CCN(c2ccc(Cl)nc2)CC1)N1CCN(c2ccc(Cl)nc2)CC1. The maximum Gasteiger partial charge on any atom is 0.169 e. The first-order valence-corrected chi connectivity index (χ1v) is 14.0. The molecule has 2 unspecified atom stereocenters. The Kier molecular flexibility index (Phi) is 10.2. The number of aromatic nitrogens is 2. The van der Waals surface area contributed by atoms with Gasteiger partial charge in [0.1, 0.15) is 10.3 Å². The highest BCUT2D eigenvalue weighted by Crippen LogP contribution is 2.22. The van der Waals surface area contributed by atoms with Gasteiger partial charge in [0.25, 0.3) is 0 Å². The van der Waals surface area contributed by atoms with E-state index in [1.807, 2.05) is 36.7 Å². The van der Waals surface area contributed by atoms with Crippen molar-refractivity contribution in [3.05, 3.63) is 47.0 Å². The fourth-order valence-electron chi connectivity index (χ4n) is 5.38. The van der Waals surface area contributed by atoms with Crippen LogP contribution in [0.5, 0.6) is 0 Å². The zero-order valence-electron chi connectivity index (χ0n) is 22.9. The number of ketones is 1. The monoisotopic (exact) mass is 562 g/mol. The zero-order valence-corrected chi connectivity index (χ0v) is 24.4. The van der Waals surface area contributed by atoms with Crippen molar-refractivity contribution in [1.82, 2.24) is 29.6 Å². The number of carbonyl (C=O) groups is 1. The highest BCUT2D eigenvalue weighted by Gasteiger charge is 2.37. The van der Waals surface area contributed by atoms with Gasteiger partial charge in [0.2, 0.25) is 0 Å². The number of nitrogens with zero attached hydrogens (tertiary/aromatic N) is 8. The van der Waals surface area contributed by atoms with E-state index in [0.717, 1.165) is 63.7 Å². The van der Waals surface area contributed by atoms with Crippen molar-refractivity contribution in [2.75, 3.05) is 103 Å². The lowest BCUT2D eigenvalue weighted by Crippen LogP contribution is -2.62. The summed E-state index contributed by atoms with van der Waals surface area (Å²) in [7, 11) is 8.21. The molecule has 2 aliphatic rings. The van der Waals surface area contributed by atoms with Crippen LogP contribution in [0.3, 0.4) is 0 Å². The number of anilines is 2. The van der Waals surface area contributed by atoms with Crippen LogP contribution in [0, 0.1) is 0 Å². The number of halogens is 2. The lowest BCUT2D eigenvalue weighted by Gasteiger charge is -2.44. The molecule has 0 spiro atoms. The van der Waals surface area contributed by atoms with E-state index in [0.29, 0.717) is 29.2 Å². The van der Waals surface area contributed by atoms with Gasteiger partial charge in [-0.1, -0.05) is 23.2 Å².